The van der Waals surface area contributed by atoms with Gasteiger partial charge in [-0.15, -0.1) is 11.8 Å². The highest BCUT2D eigenvalue weighted by atomic mass is 32.2. The van der Waals surface area contributed by atoms with Gasteiger partial charge in [-0.3, -0.25) is 4.79 Å². The first kappa shape index (κ1) is 18.6. The van der Waals surface area contributed by atoms with Gasteiger partial charge in [-0.1, -0.05) is 26.7 Å². The number of hydrogen-bond acceptors (Lipinski definition) is 3. The summed E-state index contributed by atoms with van der Waals surface area (Å²) in [6, 6.07) is 0. The van der Waals surface area contributed by atoms with E-state index in [0.29, 0.717) is 6.42 Å². The Kier molecular flexibility index (Phi) is 9.31. The third-order valence-corrected chi connectivity index (χ3v) is 3.96. The summed E-state index contributed by atoms with van der Waals surface area (Å²) in [5, 5.41) is 0. The lowest BCUT2D eigenvalue weighted by molar-refractivity contribution is -0.143. The second-order valence-corrected chi connectivity index (χ2v) is 6.08. The molecular formula is C13H23F3O2S. The molecule has 0 aromatic rings. The van der Waals surface area contributed by atoms with Crippen LogP contribution >= 0.6 is 11.8 Å². The molecule has 6 heteroatoms. The maximum absolute atomic E-state index is 11.9. The van der Waals surface area contributed by atoms with Crippen LogP contribution in [0.2, 0.25) is 0 Å². The fourth-order valence-electron chi connectivity index (χ4n) is 1.51. The van der Waals surface area contributed by atoms with Gasteiger partial charge < -0.3 is 4.74 Å². The van der Waals surface area contributed by atoms with Crippen molar-refractivity contribution in [3.63, 3.8) is 0 Å². The highest BCUT2D eigenvalue weighted by Crippen LogP contribution is 2.25. The van der Waals surface area contributed by atoms with E-state index in [1.54, 1.807) is 11.8 Å². The molecule has 0 saturated heterocycles. The largest absolute Gasteiger partial charge is 0.451 e. The number of hydrogen-bond donors (Lipinski definition) is 0. The van der Waals surface area contributed by atoms with E-state index >= 15 is 0 Å². The van der Waals surface area contributed by atoms with Crippen LogP contribution in [-0.4, -0.2) is 23.3 Å². The monoisotopic (exact) mass is 300 g/mol. The summed E-state index contributed by atoms with van der Waals surface area (Å²) >= 11 is 1.56. The summed E-state index contributed by atoms with van der Waals surface area (Å²) in [6.45, 7) is 5.33. The molecule has 0 radical (unpaired) electrons. The third-order valence-electron chi connectivity index (χ3n) is 2.46. The zero-order chi connectivity index (χ0) is 14.9. The van der Waals surface area contributed by atoms with Gasteiger partial charge in [-0.05, 0) is 24.5 Å². The maximum atomic E-state index is 11.9. The van der Waals surface area contributed by atoms with Crippen molar-refractivity contribution in [2.75, 3.05) is 5.75 Å². The van der Waals surface area contributed by atoms with Crippen LogP contribution in [0.25, 0.3) is 0 Å². The van der Waals surface area contributed by atoms with Crippen molar-refractivity contribution < 1.29 is 22.7 Å². The van der Waals surface area contributed by atoms with E-state index in [-0.39, 0.29) is 23.7 Å². The van der Waals surface area contributed by atoms with Crippen molar-refractivity contribution >= 4 is 17.7 Å². The molecule has 0 aliphatic carbocycles. The summed E-state index contributed by atoms with van der Waals surface area (Å²) in [6.07, 6.45) is -2.29. The Hall–Kier alpha value is -0.390. The quantitative estimate of drug-likeness (QED) is 0.348. The van der Waals surface area contributed by atoms with E-state index in [2.05, 4.69) is 0 Å². The molecular weight excluding hydrogens is 277 g/mol. The van der Waals surface area contributed by atoms with Crippen LogP contribution in [0, 0.1) is 5.92 Å². The molecule has 0 aromatic heterocycles. The third kappa shape index (κ3) is 12.4. The minimum Gasteiger partial charge on any atom is -0.451 e. The molecule has 0 heterocycles. The average molecular weight is 300 g/mol. The molecule has 0 aliphatic rings. The van der Waals surface area contributed by atoms with Crippen LogP contribution in [0.5, 0.6) is 0 Å². The molecule has 0 fully saturated rings. The Morgan fingerprint density at radius 2 is 1.74 bits per heavy atom. The summed E-state index contributed by atoms with van der Waals surface area (Å²) in [7, 11) is 0. The molecule has 0 bridgehead atoms. The van der Waals surface area contributed by atoms with Crippen LogP contribution in [0.15, 0.2) is 0 Å². The van der Waals surface area contributed by atoms with Crippen LogP contribution in [0.4, 0.5) is 13.2 Å². The van der Waals surface area contributed by atoms with Gasteiger partial charge >= 0.3 is 12.1 Å². The second kappa shape index (κ2) is 9.50. The van der Waals surface area contributed by atoms with Crippen LogP contribution in [0.3, 0.4) is 0 Å². The Bertz CT molecular complexity index is 255. The lowest BCUT2D eigenvalue weighted by Gasteiger charge is -2.19. The number of carbonyl (C=O) groups is 1. The van der Waals surface area contributed by atoms with E-state index in [4.69, 9.17) is 4.74 Å². The predicted molar refractivity (Wildman–Crippen MR) is 72.0 cm³/mol. The van der Waals surface area contributed by atoms with Crippen molar-refractivity contribution in [1.82, 2.24) is 0 Å². The number of esters is 1. The summed E-state index contributed by atoms with van der Waals surface area (Å²) in [5.41, 5.74) is -0.160. The average Bonchev–Trinajstić information content (AvgIpc) is 2.23. The molecule has 0 spiro atoms. The molecule has 0 aliphatic heterocycles. The molecule has 114 valence electrons. The van der Waals surface area contributed by atoms with E-state index in [1.807, 2.05) is 13.8 Å². The van der Waals surface area contributed by atoms with E-state index in [0.717, 1.165) is 18.6 Å². The van der Waals surface area contributed by atoms with Gasteiger partial charge in [-0.2, -0.15) is 13.2 Å². The van der Waals surface area contributed by atoms with E-state index in [9.17, 15) is 18.0 Å². The van der Waals surface area contributed by atoms with Gasteiger partial charge in [0.15, 0.2) is 0 Å². The standard InChI is InChI=1S/C13H23F3O2S/c1-10(2)12(18-11(3)17)19-9-7-5-4-6-8-13(14,15)16/h10,12H,4-9H2,1-3H3. The highest BCUT2D eigenvalue weighted by Gasteiger charge is 2.25. The van der Waals surface area contributed by atoms with Gasteiger partial charge in [0.25, 0.3) is 0 Å². The zero-order valence-electron chi connectivity index (χ0n) is 11.8. The first-order valence-corrected chi connectivity index (χ1v) is 7.63. The summed E-state index contributed by atoms with van der Waals surface area (Å²) in [4.78, 5) is 10.9. The van der Waals surface area contributed by atoms with Crippen molar-refractivity contribution in [2.45, 2.75) is 64.5 Å². The summed E-state index contributed by atoms with van der Waals surface area (Å²) < 4.78 is 40.8. The van der Waals surface area contributed by atoms with Crippen LogP contribution in [0.1, 0.15) is 52.9 Å². The Morgan fingerprint density at radius 1 is 1.16 bits per heavy atom. The second-order valence-electron chi connectivity index (χ2n) is 4.87. The number of unbranched alkanes of at least 4 members (excludes halogenated alkanes) is 3. The van der Waals surface area contributed by atoms with Gasteiger partial charge in [-0.25, -0.2) is 0 Å². The SMILES string of the molecule is CC(=O)OC(SCCCCCCC(F)(F)F)C(C)C. The summed E-state index contributed by atoms with van der Waals surface area (Å²) in [5.74, 6) is 0.748. The minimum atomic E-state index is -4.03. The molecule has 0 N–H and O–H groups in total. The minimum absolute atomic E-state index is 0.160. The van der Waals surface area contributed by atoms with Gasteiger partial charge in [0.1, 0.15) is 5.44 Å². The van der Waals surface area contributed by atoms with Gasteiger partial charge in [0.2, 0.25) is 0 Å². The van der Waals surface area contributed by atoms with Crippen molar-refractivity contribution in [3.8, 4) is 0 Å². The zero-order valence-corrected chi connectivity index (χ0v) is 12.6. The number of rotatable bonds is 9. The Balaban J connectivity index is 3.58. The number of thioether (sulfide) groups is 1. The molecule has 2 nitrogen and oxygen atoms in total. The number of halogens is 3. The van der Waals surface area contributed by atoms with Crippen LogP contribution < -0.4 is 0 Å². The molecule has 0 saturated carbocycles. The van der Waals surface area contributed by atoms with Crippen molar-refractivity contribution in [1.29, 1.82) is 0 Å². The van der Waals surface area contributed by atoms with Crippen molar-refractivity contribution in [2.24, 2.45) is 5.92 Å². The lowest BCUT2D eigenvalue weighted by atomic mass is 10.1. The van der Waals surface area contributed by atoms with Gasteiger partial charge in [0.05, 0.1) is 0 Å². The number of carbonyl (C=O) groups excluding carboxylic acids is 1. The molecule has 1 unspecified atom stereocenters. The molecule has 19 heavy (non-hydrogen) atoms. The Labute approximate surface area is 117 Å². The molecule has 0 aromatic carbocycles. The lowest BCUT2D eigenvalue weighted by Crippen LogP contribution is -2.19. The maximum Gasteiger partial charge on any atom is 0.389 e. The van der Waals surface area contributed by atoms with Gasteiger partial charge in [0, 0.05) is 13.3 Å². The molecule has 1 atom stereocenters. The highest BCUT2D eigenvalue weighted by molar-refractivity contribution is 7.99. The van der Waals surface area contributed by atoms with E-state index < -0.39 is 12.6 Å². The number of ether oxygens (including phenoxy) is 1. The smallest absolute Gasteiger partial charge is 0.389 e. The first-order chi connectivity index (χ1) is 8.72. The molecule has 0 rings (SSSR count). The topological polar surface area (TPSA) is 26.3 Å². The Morgan fingerprint density at radius 3 is 2.21 bits per heavy atom. The number of alkyl halides is 3. The normalized spacial score (nSPS) is 13.6. The fraction of sp³-hybridized carbons (Fsp3) is 0.923. The predicted octanol–water partition coefficient (Wildman–Crippen LogP) is 4.78. The fourth-order valence-corrected chi connectivity index (χ4v) is 2.70. The first-order valence-electron chi connectivity index (χ1n) is 6.58. The molecule has 0 amide bonds. The van der Waals surface area contributed by atoms with E-state index in [1.165, 1.54) is 6.92 Å². The van der Waals surface area contributed by atoms with Crippen LogP contribution in [-0.2, 0) is 9.53 Å². The van der Waals surface area contributed by atoms with Crippen molar-refractivity contribution in [3.05, 3.63) is 0 Å².